The maximum atomic E-state index is 13.1. The van der Waals surface area contributed by atoms with Crippen molar-refractivity contribution in [3.63, 3.8) is 0 Å². The van der Waals surface area contributed by atoms with Crippen LogP contribution in [0, 0.1) is 0 Å². The van der Waals surface area contributed by atoms with Crippen LogP contribution in [0.1, 0.15) is 17.4 Å². The van der Waals surface area contributed by atoms with Crippen molar-refractivity contribution in [1.29, 1.82) is 0 Å². The van der Waals surface area contributed by atoms with Crippen LogP contribution in [0.15, 0.2) is 53.9 Å². The van der Waals surface area contributed by atoms with Gasteiger partial charge in [-0.1, -0.05) is 24.3 Å². The highest BCUT2D eigenvalue weighted by Crippen LogP contribution is 2.26. The number of morpholine rings is 1. The molecule has 5 nitrogen and oxygen atoms in total. The molecule has 0 N–H and O–H groups in total. The first-order chi connectivity index (χ1) is 12.2. The van der Waals surface area contributed by atoms with Gasteiger partial charge in [0.2, 0.25) is 0 Å². The smallest absolute Gasteiger partial charge is 0.272 e. The molecule has 1 fully saturated rings. The lowest BCUT2D eigenvalue weighted by Gasteiger charge is -2.31. The first-order valence-corrected chi connectivity index (χ1v) is 9.20. The summed E-state index contributed by atoms with van der Waals surface area (Å²) in [6.45, 7) is 3.78. The van der Waals surface area contributed by atoms with E-state index in [0.29, 0.717) is 25.4 Å². The van der Waals surface area contributed by atoms with Gasteiger partial charge in [-0.05, 0) is 36.6 Å². The van der Waals surface area contributed by atoms with Crippen molar-refractivity contribution in [3.8, 4) is 16.3 Å². The molecule has 1 amide bonds. The summed E-state index contributed by atoms with van der Waals surface area (Å²) in [4.78, 5) is 16.0. The third-order valence-corrected chi connectivity index (χ3v) is 5.12. The fourth-order valence-electron chi connectivity index (χ4n) is 3.01. The number of carbonyl (C=O) groups is 1. The molecule has 1 aliphatic heterocycles. The summed E-state index contributed by atoms with van der Waals surface area (Å²) >= 11 is 1.62. The van der Waals surface area contributed by atoms with Gasteiger partial charge in [0.25, 0.3) is 5.91 Å². The molecule has 1 saturated heterocycles. The van der Waals surface area contributed by atoms with Crippen LogP contribution in [0.4, 0.5) is 0 Å². The summed E-state index contributed by atoms with van der Waals surface area (Å²) in [6, 6.07) is 15.7. The van der Waals surface area contributed by atoms with Crippen LogP contribution in [-0.2, 0) is 4.74 Å². The summed E-state index contributed by atoms with van der Waals surface area (Å²) in [5.74, 6) is -0.00527. The highest BCUT2D eigenvalue weighted by Gasteiger charge is 2.26. The Morgan fingerprint density at radius 2 is 2.08 bits per heavy atom. The Balaban J connectivity index is 1.76. The Kier molecular flexibility index (Phi) is 4.38. The monoisotopic (exact) mass is 353 g/mol. The fourth-order valence-corrected chi connectivity index (χ4v) is 3.69. The molecule has 3 aromatic rings. The van der Waals surface area contributed by atoms with Crippen LogP contribution in [0.2, 0.25) is 0 Å². The molecule has 0 unspecified atom stereocenters. The molecule has 25 heavy (non-hydrogen) atoms. The topological polar surface area (TPSA) is 47.4 Å². The van der Waals surface area contributed by atoms with Gasteiger partial charge in [-0.25, -0.2) is 4.68 Å². The van der Waals surface area contributed by atoms with Crippen molar-refractivity contribution in [1.82, 2.24) is 14.7 Å². The van der Waals surface area contributed by atoms with Crippen molar-refractivity contribution in [2.24, 2.45) is 0 Å². The molecule has 0 saturated carbocycles. The van der Waals surface area contributed by atoms with Crippen LogP contribution < -0.4 is 0 Å². The SMILES string of the molecule is C[C@H]1CN(C(=O)c2cc(-c3cccs3)nn2-c2ccccc2)CCO1. The molecule has 0 bridgehead atoms. The Morgan fingerprint density at radius 3 is 2.80 bits per heavy atom. The Hall–Kier alpha value is -2.44. The number of nitrogens with zero attached hydrogens (tertiary/aromatic N) is 3. The highest BCUT2D eigenvalue weighted by atomic mass is 32.1. The third kappa shape index (κ3) is 3.23. The summed E-state index contributed by atoms with van der Waals surface area (Å²) in [5.41, 5.74) is 2.29. The van der Waals surface area contributed by atoms with Crippen molar-refractivity contribution < 1.29 is 9.53 Å². The lowest BCUT2D eigenvalue weighted by molar-refractivity contribution is -0.0127. The molecule has 1 atom stereocenters. The number of amides is 1. The van der Waals surface area contributed by atoms with Crippen molar-refractivity contribution in [3.05, 3.63) is 59.6 Å². The van der Waals surface area contributed by atoms with E-state index in [2.05, 4.69) is 0 Å². The number of hydrogen-bond donors (Lipinski definition) is 0. The molecule has 4 rings (SSSR count). The van der Waals surface area contributed by atoms with Crippen LogP contribution in [-0.4, -0.2) is 46.4 Å². The second kappa shape index (κ2) is 6.82. The molecule has 0 spiro atoms. The Bertz CT molecular complexity index is 858. The molecular weight excluding hydrogens is 334 g/mol. The Labute approximate surface area is 150 Å². The van der Waals surface area contributed by atoms with E-state index in [1.54, 1.807) is 16.0 Å². The number of benzene rings is 1. The summed E-state index contributed by atoms with van der Waals surface area (Å²) < 4.78 is 7.31. The van der Waals surface area contributed by atoms with Crippen LogP contribution in [0.25, 0.3) is 16.3 Å². The molecule has 0 radical (unpaired) electrons. The zero-order valence-corrected chi connectivity index (χ0v) is 14.8. The first kappa shape index (κ1) is 16.1. The lowest BCUT2D eigenvalue weighted by atomic mass is 10.2. The molecule has 3 heterocycles. The minimum Gasteiger partial charge on any atom is -0.375 e. The predicted octanol–water partition coefficient (Wildman–Crippen LogP) is 3.46. The second-order valence-corrected chi connectivity index (χ2v) is 7.02. The number of aromatic nitrogens is 2. The number of para-hydroxylation sites is 1. The summed E-state index contributed by atoms with van der Waals surface area (Å²) in [7, 11) is 0. The van der Waals surface area contributed by atoms with E-state index in [-0.39, 0.29) is 12.0 Å². The minimum atomic E-state index is -0.00527. The van der Waals surface area contributed by atoms with Gasteiger partial charge in [-0.3, -0.25) is 4.79 Å². The average Bonchev–Trinajstić information content (AvgIpc) is 3.31. The van der Waals surface area contributed by atoms with Crippen molar-refractivity contribution in [2.75, 3.05) is 19.7 Å². The number of carbonyl (C=O) groups excluding carboxylic acids is 1. The number of thiophene rings is 1. The van der Waals surface area contributed by atoms with Crippen LogP contribution in [0.3, 0.4) is 0 Å². The normalized spacial score (nSPS) is 17.6. The van der Waals surface area contributed by atoms with Gasteiger partial charge in [0.1, 0.15) is 11.4 Å². The quantitative estimate of drug-likeness (QED) is 0.724. The maximum Gasteiger partial charge on any atom is 0.272 e. The number of rotatable bonds is 3. The molecule has 6 heteroatoms. The molecule has 128 valence electrons. The van der Waals surface area contributed by atoms with Gasteiger partial charge in [-0.2, -0.15) is 5.10 Å². The largest absolute Gasteiger partial charge is 0.375 e. The van der Waals surface area contributed by atoms with Gasteiger partial charge in [-0.15, -0.1) is 11.3 Å². The summed E-state index contributed by atoms with van der Waals surface area (Å²) in [6.07, 6.45) is 0.0579. The maximum absolute atomic E-state index is 13.1. The van der Waals surface area contributed by atoms with Gasteiger partial charge in [0.15, 0.2) is 0 Å². The molecule has 2 aromatic heterocycles. The minimum absolute atomic E-state index is 0.00527. The van der Waals surface area contributed by atoms with E-state index in [1.807, 2.05) is 65.7 Å². The second-order valence-electron chi connectivity index (χ2n) is 6.07. The molecule has 1 aromatic carbocycles. The van der Waals surface area contributed by atoms with Crippen LogP contribution in [0.5, 0.6) is 0 Å². The standard InChI is InChI=1S/C19H19N3O2S/c1-14-13-21(9-10-24-14)19(23)17-12-16(18-8-5-11-25-18)20-22(17)15-6-3-2-4-7-15/h2-8,11-12,14H,9-10,13H2,1H3/t14-/m0/s1. The van der Waals surface area contributed by atoms with E-state index in [4.69, 9.17) is 9.84 Å². The molecular formula is C19H19N3O2S. The third-order valence-electron chi connectivity index (χ3n) is 4.23. The zero-order chi connectivity index (χ0) is 17.2. The van der Waals surface area contributed by atoms with E-state index in [1.165, 1.54) is 0 Å². The van der Waals surface area contributed by atoms with Gasteiger partial charge in [0, 0.05) is 13.1 Å². The zero-order valence-electron chi connectivity index (χ0n) is 14.0. The van der Waals surface area contributed by atoms with Gasteiger partial charge in [0.05, 0.1) is 23.3 Å². The fraction of sp³-hybridized carbons (Fsp3) is 0.263. The highest BCUT2D eigenvalue weighted by molar-refractivity contribution is 7.13. The van der Waals surface area contributed by atoms with E-state index in [0.717, 1.165) is 16.3 Å². The van der Waals surface area contributed by atoms with Gasteiger partial charge < -0.3 is 9.64 Å². The Morgan fingerprint density at radius 1 is 1.24 bits per heavy atom. The first-order valence-electron chi connectivity index (χ1n) is 8.32. The molecule has 1 aliphatic rings. The van der Waals surface area contributed by atoms with E-state index in [9.17, 15) is 4.79 Å². The van der Waals surface area contributed by atoms with Gasteiger partial charge >= 0.3 is 0 Å². The van der Waals surface area contributed by atoms with Crippen molar-refractivity contribution in [2.45, 2.75) is 13.0 Å². The average molecular weight is 353 g/mol. The van der Waals surface area contributed by atoms with Crippen molar-refractivity contribution >= 4 is 17.2 Å². The lowest BCUT2D eigenvalue weighted by Crippen LogP contribution is -2.45. The van der Waals surface area contributed by atoms with Crippen LogP contribution >= 0.6 is 11.3 Å². The molecule has 0 aliphatic carbocycles. The summed E-state index contributed by atoms with van der Waals surface area (Å²) in [5, 5.41) is 6.72. The number of ether oxygens (including phenoxy) is 1. The van der Waals surface area contributed by atoms with E-state index >= 15 is 0 Å². The predicted molar refractivity (Wildman–Crippen MR) is 98.2 cm³/mol. The van der Waals surface area contributed by atoms with E-state index < -0.39 is 0 Å². The number of hydrogen-bond acceptors (Lipinski definition) is 4.